The number of aliphatic carboxylic acids is 1. The first-order chi connectivity index (χ1) is 13.5. The van der Waals surface area contributed by atoms with E-state index in [1.165, 1.54) is 5.56 Å². The van der Waals surface area contributed by atoms with Crippen LogP contribution in [0.3, 0.4) is 0 Å². The first-order valence-corrected chi connectivity index (χ1v) is 9.48. The summed E-state index contributed by atoms with van der Waals surface area (Å²) < 4.78 is 6.20. The van der Waals surface area contributed by atoms with Gasteiger partial charge in [-0.2, -0.15) is 0 Å². The molecule has 4 nitrogen and oxygen atoms in total. The van der Waals surface area contributed by atoms with E-state index in [2.05, 4.69) is 25.1 Å². The summed E-state index contributed by atoms with van der Waals surface area (Å²) >= 11 is 0. The number of carbonyl (C=O) groups is 1. The monoisotopic (exact) mass is 409 g/mol. The Morgan fingerprint density at radius 1 is 1.07 bits per heavy atom. The van der Waals surface area contributed by atoms with E-state index in [9.17, 15) is 9.90 Å². The number of carboxylic acids is 1. The summed E-state index contributed by atoms with van der Waals surface area (Å²) in [6.07, 6.45) is 1.47. The molecule has 0 amide bonds. The lowest BCUT2D eigenvalue weighted by Crippen LogP contribution is -2.37. The molecule has 4 rings (SSSR count). The minimum Gasteiger partial charge on any atom is -0.481 e. The third kappa shape index (κ3) is 4.29. The van der Waals surface area contributed by atoms with Gasteiger partial charge in [-0.1, -0.05) is 54.1 Å². The van der Waals surface area contributed by atoms with Gasteiger partial charge in [0.2, 0.25) is 0 Å². The second kappa shape index (κ2) is 8.68. The number of ether oxygens (including phenoxy) is 1. The molecule has 29 heavy (non-hydrogen) atoms. The van der Waals surface area contributed by atoms with E-state index >= 15 is 0 Å². The summed E-state index contributed by atoms with van der Waals surface area (Å²) in [5.41, 5.74) is 11.1. The van der Waals surface area contributed by atoms with E-state index < -0.39 is 11.9 Å². The van der Waals surface area contributed by atoms with E-state index in [0.29, 0.717) is 12.2 Å². The molecular formula is C24H24ClNO3. The number of halogens is 1. The number of para-hydroxylation sites is 1. The topological polar surface area (TPSA) is 72.5 Å². The highest BCUT2D eigenvalue weighted by atomic mass is 35.5. The van der Waals surface area contributed by atoms with Crippen LogP contribution in [0.15, 0.2) is 66.7 Å². The van der Waals surface area contributed by atoms with Gasteiger partial charge >= 0.3 is 5.97 Å². The number of aryl methyl sites for hydroxylation is 2. The Morgan fingerprint density at radius 3 is 2.62 bits per heavy atom. The summed E-state index contributed by atoms with van der Waals surface area (Å²) in [5, 5.41) is 9.63. The summed E-state index contributed by atoms with van der Waals surface area (Å²) in [6, 6.07) is 21.5. The quantitative estimate of drug-likeness (QED) is 0.611. The van der Waals surface area contributed by atoms with Crippen molar-refractivity contribution < 1.29 is 14.6 Å². The van der Waals surface area contributed by atoms with Crippen molar-refractivity contribution in [1.29, 1.82) is 0 Å². The molecule has 3 aromatic rings. The van der Waals surface area contributed by atoms with Gasteiger partial charge in [0.05, 0.1) is 5.92 Å². The highest BCUT2D eigenvalue weighted by Gasteiger charge is 2.33. The van der Waals surface area contributed by atoms with Crippen LogP contribution in [0.1, 0.15) is 29.0 Å². The van der Waals surface area contributed by atoms with Gasteiger partial charge in [0.1, 0.15) is 11.5 Å². The van der Waals surface area contributed by atoms with Crippen LogP contribution < -0.4 is 10.5 Å². The zero-order valence-corrected chi connectivity index (χ0v) is 17.0. The van der Waals surface area contributed by atoms with Gasteiger partial charge in [-0.3, -0.25) is 4.79 Å². The van der Waals surface area contributed by atoms with Crippen molar-refractivity contribution in [3.05, 3.63) is 83.4 Å². The molecule has 0 aliphatic heterocycles. The lowest BCUT2D eigenvalue weighted by molar-refractivity contribution is -0.139. The molecule has 3 N–H and O–H groups in total. The van der Waals surface area contributed by atoms with Gasteiger partial charge in [0.25, 0.3) is 0 Å². The van der Waals surface area contributed by atoms with Gasteiger partial charge in [0.15, 0.2) is 0 Å². The molecule has 150 valence electrons. The van der Waals surface area contributed by atoms with E-state index in [1.807, 2.05) is 48.5 Å². The highest BCUT2D eigenvalue weighted by Crippen LogP contribution is 2.37. The van der Waals surface area contributed by atoms with Crippen molar-refractivity contribution in [1.82, 2.24) is 0 Å². The number of rotatable bonds is 4. The average molecular weight is 410 g/mol. The Kier molecular flexibility index (Phi) is 6.26. The molecule has 0 heterocycles. The summed E-state index contributed by atoms with van der Waals surface area (Å²) in [4.78, 5) is 11.7. The third-order valence-electron chi connectivity index (χ3n) is 5.34. The minimum absolute atomic E-state index is 0. The van der Waals surface area contributed by atoms with Crippen LogP contribution in [0.4, 0.5) is 0 Å². The predicted octanol–water partition coefficient (Wildman–Crippen LogP) is 5.32. The Labute approximate surface area is 176 Å². The maximum absolute atomic E-state index is 11.7. The maximum atomic E-state index is 11.7. The van der Waals surface area contributed by atoms with Crippen molar-refractivity contribution in [2.75, 3.05) is 0 Å². The number of benzene rings is 3. The predicted molar refractivity (Wildman–Crippen MR) is 117 cm³/mol. The number of fused-ring (bicyclic) bond motifs is 1. The molecule has 0 aromatic heterocycles. The average Bonchev–Trinajstić information content (AvgIpc) is 2.68. The molecule has 0 bridgehead atoms. The summed E-state index contributed by atoms with van der Waals surface area (Å²) in [7, 11) is 0. The van der Waals surface area contributed by atoms with Crippen LogP contribution >= 0.6 is 12.4 Å². The van der Waals surface area contributed by atoms with Gasteiger partial charge in [0, 0.05) is 11.6 Å². The molecule has 0 radical (unpaired) electrons. The van der Waals surface area contributed by atoms with E-state index in [1.54, 1.807) is 0 Å². The Hall–Kier alpha value is -2.82. The second-order valence-electron chi connectivity index (χ2n) is 7.35. The van der Waals surface area contributed by atoms with Crippen molar-refractivity contribution in [3.63, 3.8) is 0 Å². The van der Waals surface area contributed by atoms with E-state index in [0.717, 1.165) is 34.4 Å². The lowest BCUT2D eigenvalue weighted by Gasteiger charge is -2.28. The molecule has 1 aliphatic rings. The van der Waals surface area contributed by atoms with E-state index in [4.69, 9.17) is 10.5 Å². The molecular weight excluding hydrogens is 386 g/mol. The van der Waals surface area contributed by atoms with Gasteiger partial charge in [-0.05, 0) is 54.7 Å². The largest absolute Gasteiger partial charge is 0.481 e. The van der Waals surface area contributed by atoms with Crippen LogP contribution in [0, 0.1) is 6.92 Å². The van der Waals surface area contributed by atoms with Crippen LogP contribution in [-0.2, 0) is 11.2 Å². The number of nitrogens with two attached hydrogens (primary N) is 1. The SMILES string of the molecule is Cc1cccc(-c2ccccc2Oc2ccc3c(c2)C(C(=O)O)C(N)CC3)c1.Cl. The Balaban J connectivity index is 0.00000240. The fourth-order valence-corrected chi connectivity index (χ4v) is 3.92. The van der Waals surface area contributed by atoms with E-state index in [-0.39, 0.29) is 18.4 Å². The Morgan fingerprint density at radius 2 is 1.86 bits per heavy atom. The first kappa shape index (κ1) is 20.9. The number of hydrogen-bond donors (Lipinski definition) is 2. The first-order valence-electron chi connectivity index (χ1n) is 9.48. The zero-order valence-electron chi connectivity index (χ0n) is 16.2. The van der Waals surface area contributed by atoms with Crippen LogP contribution in [0.5, 0.6) is 11.5 Å². The molecule has 2 atom stereocenters. The maximum Gasteiger partial charge on any atom is 0.312 e. The van der Waals surface area contributed by atoms with Gasteiger partial charge < -0.3 is 15.6 Å². The van der Waals surface area contributed by atoms with Crippen molar-refractivity contribution in [3.8, 4) is 22.6 Å². The standard InChI is InChI=1S/C24H23NO3.ClH/c1-15-5-4-6-17(13-15)19-7-2-3-8-22(19)28-18-11-9-16-10-12-21(25)23(24(26)27)20(16)14-18;/h2-9,11,13-14,21,23H,10,12,25H2,1H3,(H,26,27);1H. The molecule has 3 aromatic carbocycles. The highest BCUT2D eigenvalue weighted by molar-refractivity contribution is 5.85. The third-order valence-corrected chi connectivity index (χ3v) is 5.34. The summed E-state index contributed by atoms with van der Waals surface area (Å²) in [6.45, 7) is 2.06. The fourth-order valence-electron chi connectivity index (χ4n) is 3.92. The Bertz CT molecular complexity index is 1030. The van der Waals surface area contributed by atoms with Crippen molar-refractivity contribution >= 4 is 18.4 Å². The minimum atomic E-state index is -0.884. The van der Waals surface area contributed by atoms with Crippen LogP contribution in [0.25, 0.3) is 11.1 Å². The fraction of sp³-hybridized carbons (Fsp3) is 0.208. The van der Waals surface area contributed by atoms with Gasteiger partial charge in [-0.25, -0.2) is 0 Å². The molecule has 5 heteroatoms. The lowest BCUT2D eigenvalue weighted by atomic mass is 9.79. The van der Waals surface area contributed by atoms with Gasteiger partial charge in [-0.15, -0.1) is 12.4 Å². The summed E-state index contributed by atoms with van der Waals surface area (Å²) in [5.74, 6) is -0.218. The molecule has 0 fully saturated rings. The van der Waals surface area contributed by atoms with Crippen LogP contribution in [0.2, 0.25) is 0 Å². The number of hydrogen-bond acceptors (Lipinski definition) is 3. The molecule has 0 saturated heterocycles. The van der Waals surface area contributed by atoms with Crippen molar-refractivity contribution in [2.45, 2.75) is 31.7 Å². The van der Waals surface area contributed by atoms with Crippen LogP contribution in [-0.4, -0.2) is 17.1 Å². The van der Waals surface area contributed by atoms with Crippen molar-refractivity contribution in [2.24, 2.45) is 5.73 Å². The second-order valence-corrected chi connectivity index (χ2v) is 7.35. The molecule has 0 spiro atoms. The zero-order chi connectivity index (χ0) is 19.7. The smallest absolute Gasteiger partial charge is 0.312 e. The molecule has 1 aliphatic carbocycles. The molecule has 2 unspecified atom stereocenters. The molecule has 0 saturated carbocycles. The normalized spacial score (nSPS) is 17.7. The number of carboxylic acid groups (broad SMARTS) is 1.